The SMILES string of the molecule is CC(C)c1ccc(/C=C(\C#N)C(=O)O[C@@H](C)C(=O)Nc2ccccc2[N+](=O)[O-])cc1. The smallest absolute Gasteiger partial charge is 0.349 e. The minimum absolute atomic E-state index is 0.0170. The van der Waals surface area contributed by atoms with Gasteiger partial charge < -0.3 is 10.1 Å². The van der Waals surface area contributed by atoms with Crippen LogP contribution >= 0.6 is 0 Å². The fourth-order valence-electron chi connectivity index (χ4n) is 2.53. The zero-order chi connectivity index (χ0) is 22.3. The van der Waals surface area contributed by atoms with E-state index in [0.717, 1.165) is 5.56 Å². The number of amides is 1. The van der Waals surface area contributed by atoms with Crippen LogP contribution in [0.25, 0.3) is 6.08 Å². The van der Waals surface area contributed by atoms with Gasteiger partial charge in [-0.05, 0) is 36.1 Å². The number of nitrogens with one attached hydrogen (secondary N) is 1. The van der Waals surface area contributed by atoms with Crippen molar-refractivity contribution in [3.8, 4) is 6.07 Å². The zero-order valence-electron chi connectivity index (χ0n) is 16.8. The summed E-state index contributed by atoms with van der Waals surface area (Å²) in [6.45, 7) is 5.42. The second-order valence-electron chi connectivity index (χ2n) is 6.80. The van der Waals surface area contributed by atoms with Crippen molar-refractivity contribution in [2.75, 3.05) is 5.32 Å². The molecule has 8 nitrogen and oxygen atoms in total. The van der Waals surface area contributed by atoms with Crippen molar-refractivity contribution in [1.82, 2.24) is 0 Å². The van der Waals surface area contributed by atoms with Crippen molar-refractivity contribution in [3.05, 3.63) is 75.3 Å². The fraction of sp³-hybridized carbons (Fsp3) is 0.227. The molecule has 0 spiro atoms. The molecule has 2 rings (SSSR count). The molecule has 0 aromatic heterocycles. The van der Waals surface area contributed by atoms with Gasteiger partial charge >= 0.3 is 5.97 Å². The van der Waals surface area contributed by atoms with Gasteiger partial charge in [-0.15, -0.1) is 0 Å². The van der Waals surface area contributed by atoms with E-state index in [-0.39, 0.29) is 16.9 Å². The molecule has 0 aliphatic carbocycles. The summed E-state index contributed by atoms with van der Waals surface area (Å²) in [7, 11) is 0. The Kier molecular flexibility index (Phi) is 7.42. The number of nitro benzene ring substituents is 1. The second-order valence-corrected chi connectivity index (χ2v) is 6.80. The topological polar surface area (TPSA) is 122 Å². The first-order valence-corrected chi connectivity index (χ1v) is 9.20. The molecule has 2 aromatic carbocycles. The molecule has 0 saturated carbocycles. The number of carbonyl (C=O) groups excluding carboxylic acids is 2. The summed E-state index contributed by atoms with van der Waals surface area (Å²) in [5, 5.41) is 22.7. The van der Waals surface area contributed by atoms with Crippen LogP contribution in [-0.4, -0.2) is 22.9 Å². The molecule has 30 heavy (non-hydrogen) atoms. The van der Waals surface area contributed by atoms with Crippen LogP contribution in [0.2, 0.25) is 0 Å². The molecular formula is C22H21N3O5. The number of carbonyl (C=O) groups is 2. The van der Waals surface area contributed by atoms with Crippen molar-refractivity contribution >= 4 is 29.3 Å². The van der Waals surface area contributed by atoms with Crippen LogP contribution in [0, 0.1) is 21.4 Å². The van der Waals surface area contributed by atoms with Crippen LogP contribution in [0.1, 0.15) is 37.8 Å². The van der Waals surface area contributed by atoms with Gasteiger partial charge in [0.25, 0.3) is 11.6 Å². The Labute approximate surface area is 173 Å². The maximum Gasteiger partial charge on any atom is 0.349 e. The Bertz CT molecular complexity index is 1020. The van der Waals surface area contributed by atoms with E-state index in [0.29, 0.717) is 11.5 Å². The average molecular weight is 407 g/mol. The summed E-state index contributed by atoms with van der Waals surface area (Å²) in [5.41, 5.74) is 1.19. The number of anilines is 1. The summed E-state index contributed by atoms with van der Waals surface area (Å²) in [6, 6.07) is 14.7. The van der Waals surface area contributed by atoms with Gasteiger partial charge in [0, 0.05) is 6.07 Å². The van der Waals surface area contributed by atoms with Crippen molar-refractivity contribution in [1.29, 1.82) is 5.26 Å². The average Bonchev–Trinajstić information content (AvgIpc) is 2.72. The molecule has 0 heterocycles. The van der Waals surface area contributed by atoms with Crippen molar-refractivity contribution in [2.24, 2.45) is 0 Å². The predicted octanol–water partition coefficient (Wildman–Crippen LogP) is 4.20. The Morgan fingerprint density at radius 2 is 1.77 bits per heavy atom. The molecule has 154 valence electrons. The number of benzene rings is 2. The number of hydrogen-bond acceptors (Lipinski definition) is 6. The van der Waals surface area contributed by atoms with Crippen molar-refractivity contribution in [2.45, 2.75) is 32.8 Å². The van der Waals surface area contributed by atoms with Crippen LogP contribution in [0.3, 0.4) is 0 Å². The molecule has 1 atom stereocenters. The maximum absolute atomic E-state index is 12.3. The van der Waals surface area contributed by atoms with Gasteiger partial charge in [0.15, 0.2) is 6.10 Å². The largest absolute Gasteiger partial charge is 0.448 e. The Balaban J connectivity index is 2.08. The second kappa shape index (κ2) is 9.98. The summed E-state index contributed by atoms with van der Waals surface area (Å²) in [4.78, 5) is 35.0. The molecule has 0 saturated heterocycles. The first kappa shape index (κ1) is 22.3. The maximum atomic E-state index is 12.3. The van der Waals surface area contributed by atoms with E-state index in [1.54, 1.807) is 18.2 Å². The zero-order valence-corrected chi connectivity index (χ0v) is 16.8. The molecule has 2 aromatic rings. The number of esters is 1. The number of nitrogens with zero attached hydrogens (tertiary/aromatic N) is 2. The highest BCUT2D eigenvalue weighted by molar-refractivity contribution is 6.01. The minimum atomic E-state index is -1.27. The van der Waals surface area contributed by atoms with E-state index >= 15 is 0 Å². The van der Waals surface area contributed by atoms with Gasteiger partial charge in [-0.1, -0.05) is 50.2 Å². The van der Waals surface area contributed by atoms with Gasteiger partial charge in [-0.3, -0.25) is 14.9 Å². The van der Waals surface area contributed by atoms with E-state index in [4.69, 9.17) is 4.74 Å². The van der Waals surface area contributed by atoms with E-state index in [1.165, 1.54) is 37.3 Å². The van der Waals surface area contributed by atoms with E-state index in [9.17, 15) is 25.0 Å². The van der Waals surface area contributed by atoms with Gasteiger partial charge in [-0.2, -0.15) is 5.26 Å². The number of nitro groups is 1. The number of hydrogen-bond donors (Lipinski definition) is 1. The molecule has 0 aliphatic heterocycles. The number of para-hydroxylation sites is 2. The highest BCUT2D eigenvalue weighted by Gasteiger charge is 2.23. The molecule has 0 bridgehead atoms. The van der Waals surface area contributed by atoms with Crippen molar-refractivity contribution in [3.63, 3.8) is 0 Å². The molecule has 0 unspecified atom stereocenters. The van der Waals surface area contributed by atoms with Crippen LogP contribution in [0.4, 0.5) is 11.4 Å². The molecule has 1 amide bonds. The normalized spacial score (nSPS) is 12.0. The number of ether oxygens (including phenoxy) is 1. The molecule has 1 N–H and O–H groups in total. The van der Waals surface area contributed by atoms with E-state index < -0.39 is 22.9 Å². The van der Waals surface area contributed by atoms with Crippen LogP contribution in [0.15, 0.2) is 54.1 Å². The fourth-order valence-corrected chi connectivity index (χ4v) is 2.53. The highest BCUT2D eigenvalue weighted by Crippen LogP contribution is 2.23. The lowest BCUT2D eigenvalue weighted by atomic mass is 10.0. The number of nitriles is 1. The molecular weight excluding hydrogens is 386 g/mol. The lowest BCUT2D eigenvalue weighted by Crippen LogP contribution is -2.30. The standard InChI is InChI=1S/C22H21N3O5/c1-14(2)17-10-8-16(9-11-17)12-18(13-23)22(27)30-15(3)21(26)24-19-6-4-5-7-20(19)25(28)29/h4-12,14-15H,1-3H3,(H,24,26)/b18-12+/t15-/m0/s1. The molecule has 0 fully saturated rings. The van der Waals surface area contributed by atoms with Crippen LogP contribution in [0.5, 0.6) is 0 Å². The first-order valence-electron chi connectivity index (χ1n) is 9.20. The van der Waals surface area contributed by atoms with E-state index in [1.807, 2.05) is 12.1 Å². The first-order chi connectivity index (χ1) is 14.2. The third kappa shape index (κ3) is 5.75. The molecule has 8 heteroatoms. The lowest BCUT2D eigenvalue weighted by molar-refractivity contribution is -0.383. The third-order valence-electron chi connectivity index (χ3n) is 4.27. The summed E-state index contributed by atoms with van der Waals surface area (Å²) < 4.78 is 5.06. The Morgan fingerprint density at radius 1 is 1.13 bits per heavy atom. The molecule has 0 radical (unpaired) electrons. The molecule has 0 aliphatic rings. The Morgan fingerprint density at radius 3 is 2.33 bits per heavy atom. The predicted molar refractivity (Wildman–Crippen MR) is 111 cm³/mol. The van der Waals surface area contributed by atoms with Gasteiger partial charge in [-0.25, -0.2) is 4.79 Å². The van der Waals surface area contributed by atoms with Gasteiger partial charge in [0.1, 0.15) is 17.3 Å². The summed E-state index contributed by atoms with van der Waals surface area (Å²) in [6.07, 6.45) is 0.108. The van der Waals surface area contributed by atoms with Crippen LogP contribution in [-0.2, 0) is 14.3 Å². The third-order valence-corrected chi connectivity index (χ3v) is 4.27. The van der Waals surface area contributed by atoms with Crippen LogP contribution < -0.4 is 5.32 Å². The monoisotopic (exact) mass is 407 g/mol. The van der Waals surface area contributed by atoms with E-state index in [2.05, 4.69) is 19.2 Å². The summed E-state index contributed by atoms with van der Waals surface area (Å²) in [5.74, 6) is -1.37. The lowest BCUT2D eigenvalue weighted by Gasteiger charge is -2.13. The number of rotatable bonds is 7. The summed E-state index contributed by atoms with van der Waals surface area (Å²) >= 11 is 0. The Hall–Kier alpha value is -3.99. The minimum Gasteiger partial charge on any atom is -0.448 e. The quantitative estimate of drug-likeness (QED) is 0.241. The van der Waals surface area contributed by atoms with Crippen molar-refractivity contribution < 1.29 is 19.2 Å². The highest BCUT2D eigenvalue weighted by atomic mass is 16.6. The van der Waals surface area contributed by atoms with Gasteiger partial charge in [0.05, 0.1) is 4.92 Å². The van der Waals surface area contributed by atoms with Gasteiger partial charge in [0.2, 0.25) is 0 Å².